The number of nitrogens with zero attached hydrogens (tertiary/aromatic N) is 1. The lowest BCUT2D eigenvalue weighted by atomic mass is 10.1. The summed E-state index contributed by atoms with van der Waals surface area (Å²) >= 11 is 5.92. The van der Waals surface area contributed by atoms with Gasteiger partial charge in [-0.15, -0.1) is 11.6 Å². The first-order valence-corrected chi connectivity index (χ1v) is 6.53. The summed E-state index contributed by atoms with van der Waals surface area (Å²) in [7, 11) is 0. The van der Waals surface area contributed by atoms with Crippen molar-refractivity contribution in [2.24, 2.45) is 0 Å². The smallest absolute Gasteiger partial charge is 0.123 e. The molecular formula is C15H13ClFN. The third-order valence-electron chi connectivity index (χ3n) is 3.36. The monoisotopic (exact) mass is 261 g/mol. The molecule has 2 aromatic rings. The Morgan fingerprint density at radius 3 is 2.78 bits per heavy atom. The van der Waals surface area contributed by atoms with Gasteiger partial charge in [-0.1, -0.05) is 18.2 Å². The van der Waals surface area contributed by atoms with Gasteiger partial charge in [-0.05, 0) is 41.8 Å². The van der Waals surface area contributed by atoms with Crippen LogP contribution < -0.4 is 4.90 Å². The summed E-state index contributed by atoms with van der Waals surface area (Å²) in [5.74, 6) is 0.0908. The van der Waals surface area contributed by atoms with Crippen molar-refractivity contribution in [1.29, 1.82) is 0 Å². The van der Waals surface area contributed by atoms with Gasteiger partial charge in [-0.25, -0.2) is 4.39 Å². The van der Waals surface area contributed by atoms with Crippen LogP contribution in [-0.2, 0) is 12.3 Å². The van der Waals surface area contributed by atoms with Crippen molar-refractivity contribution in [1.82, 2.24) is 0 Å². The van der Waals surface area contributed by atoms with Crippen molar-refractivity contribution in [2.75, 3.05) is 11.4 Å². The Morgan fingerprint density at radius 2 is 1.94 bits per heavy atom. The molecule has 0 spiro atoms. The van der Waals surface area contributed by atoms with Gasteiger partial charge in [0.25, 0.3) is 0 Å². The van der Waals surface area contributed by atoms with Gasteiger partial charge in [-0.2, -0.15) is 0 Å². The van der Waals surface area contributed by atoms with Gasteiger partial charge in [0.05, 0.1) is 0 Å². The van der Waals surface area contributed by atoms with Crippen LogP contribution in [0.2, 0.25) is 0 Å². The average Bonchev–Trinajstić information content (AvgIpc) is 2.82. The summed E-state index contributed by atoms with van der Waals surface area (Å²) in [6, 6.07) is 13.1. The highest BCUT2D eigenvalue weighted by molar-refractivity contribution is 6.17. The van der Waals surface area contributed by atoms with Crippen molar-refractivity contribution in [3.8, 4) is 0 Å². The van der Waals surface area contributed by atoms with Crippen molar-refractivity contribution < 1.29 is 4.39 Å². The number of fused-ring (bicyclic) bond motifs is 1. The van der Waals surface area contributed by atoms with E-state index in [1.165, 1.54) is 23.4 Å². The van der Waals surface area contributed by atoms with E-state index in [1.807, 2.05) is 12.1 Å². The number of para-hydroxylation sites is 1. The van der Waals surface area contributed by atoms with E-state index in [9.17, 15) is 4.39 Å². The van der Waals surface area contributed by atoms with Crippen molar-refractivity contribution in [2.45, 2.75) is 12.3 Å². The van der Waals surface area contributed by atoms with Crippen LogP contribution in [0.15, 0.2) is 42.5 Å². The molecule has 3 heteroatoms. The zero-order valence-electron chi connectivity index (χ0n) is 9.87. The second-order valence-corrected chi connectivity index (χ2v) is 4.70. The largest absolute Gasteiger partial charge is 0.341 e. The number of anilines is 2. The van der Waals surface area contributed by atoms with E-state index in [0.717, 1.165) is 24.2 Å². The zero-order chi connectivity index (χ0) is 12.5. The molecule has 0 saturated carbocycles. The van der Waals surface area contributed by atoms with Gasteiger partial charge >= 0.3 is 0 Å². The molecule has 1 aliphatic heterocycles. The van der Waals surface area contributed by atoms with Crippen molar-refractivity contribution >= 4 is 23.0 Å². The SMILES string of the molecule is Fc1ccc(N2CCc3ccccc32)c(CCl)c1. The maximum absolute atomic E-state index is 13.2. The van der Waals surface area contributed by atoms with Crippen LogP contribution in [0.3, 0.4) is 0 Å². The normalized spacial score (nSPS) is 13.8. The van der Waals surface area contributed by atoms with Crippen LogP contribution in [-0.4, -0.2) is 6.54 Å². The molecule has 0 unspecified atom stereocenters. The lowest BCUT2D eigenvalue weighted by Gasteiger charge is -2.22. The third kappa shape index (κ3) is 1.87. The maximum Gasteiger partial charge on any atom is 0.123 e. The van der Waals surface area contributed by atoms with Crippen LogP contribution >= 0.6 is 11.6 Å². The standard InChI is InChI=1S/C15H13ClFN/c16-10-12-9-13(17)5-6-15(12)18-8-7-11-3-1-2-4-14(11)18/h1-6,9H,7-8,10H2. The summed E-state index contributed by atoms with van der Waals surface area (Å²) in [5, 5.41) is 0. The van der Waals surface area contributed by atoms with E-state index >= 15 is 0 Å². The molecule has 0 fully saturated rings. The van der Waals surface area contributed by atoms with Crippen molar-refractivity contribution in [3.05, 3.63) is 59.4 Å². The molecule has 0 saturated heterocycles. The average molecular weight is 262 g/mol. The van der Waals surface area contributed by atoms with Crippen LogP contribution in [0.25, 0.3) is 0 Å². The second-order valence-electron chi connectivity index (χ2n) is 4.44. The van der Waals surface area contributed by atoms with E-state index in [4.69, 9.17) is 11.6 Å². The topological polar surface area (TPSA) is 3.24 Å². The quantitative estimate of drug-likeness (QED) is 0.730. The predicted octanol–water partition coefficient (Wildman–Crippen LogP) is 4.26. The molecule has 0 N–H and O–H groups in total. The minimum atomic E-state index is -0.234. The highest BCUT2D eigenvalue weighted by Gasteiger charge is 2.21. The summed E-state index contributed by atoms with van der Waals surface area (Å²) in [4.78, 5) is 2.21. The second kappa shape index (κ2) is 4.62. The predicted molar refractivity (Wildman–Crippen MR) is 73.1 cm³/mol. The number of halogens is 2. The molecule has 3 rings (SSSR count). The minimum absolute atomic E-state index is 0.234. The first-order chi connectivity index (χ1) is 8.79. The lowest BCUT2D eigenvalue weighted by Crippen LogP contribution is -2.15. The summed E-state index contributed by atoms with van der Waals surface area (Å²) in [5.41, 5.74) is 4.39. The van der Waals surface area contributed by atoms with Gasteiger partial charge in [-0.3, -0.25) is 0 Å². The lowest BCUT2D eigenvalue weighted by molar-refractivity contribution is 0.626. The minimum Gasteiger partial charge on any atom is -0.341 e. The summed E-state index contributed by atoms with van der Waals surface area (Å²) in [6.07, 6.45) is 1.02. The van der Waals surface area contributed by atoms with Crippen LogP contribution in [0.5, 0.6) is 0 Å². The zero-order valence-corrected chi connectivity index (χ0v) is 10.6. The Hall–Kier alpha value is -1.54. The Bertz CT molecular complexity index is 582. The van der Waals surface area contributed by atoms with E-state index in [1.54, 1.807) is 0 Å². The molecule has 0 aromatic heterocycles. The van der Waals surface area contributed by atoms with Gasteiger partial charge in [0.1, 0.15) is 5.82 Å². The molecule has 2 aromatic carbocycles. The molecule has 0 radical (unpaired) electrons. The molecule has 0 aliphatic carbocycles. The van der Waals surface area contributed by atoms with Gasteiger partial charge in [0, 0.05) is 23.8 Å². The molecule has 0 atom stereocenters. The molecule has 1 heterocycles. The Balaban J connectivity index is 2.07. The Morgan fingerprint density at radius 1 is 1.11 bits per heavy atom. The highest BCUT2D eigenvalue weighted by Crippen LogP contribution is 2.36. The number of benzene rings is 2. The van der Waals surface area contributed by atoms with Crippen molar-refractivity contribution in [3.63, 3.8) is 0 Å². The number of hydrogen-bond donors (Lipinski definition) is 0. The Labute approximate surface area is 111 Å². The Kier molecular flexibility index (Phi) is 2.96. The molecule has 92 valence electrons. The molecule has 0 bridgehead atoms. The van der Waals surface area contributed by atoms with E-state index in [2.05, 4.69) is 23.1 Å². The van der Waals surface area contributed by atoms with E-state index in [-0.39, 0.29) is 5.82 Å². The van der Waals surface area contributed by atoms with Crippen LogP contribution in [0.1, 0.15) is 11.1 Å². The first-order valence-electron chi connectivity index (χ1n) is 5.99. The molecule has 0 amide bonds. The van der Waals surface area contributed by atoms with Gasteiger partial charge < -0.3 is 4.90 Å². The molecule has 1 nitrogen and oxygen atoms in total. The van der Waals surface area contributed by atoms with Gasteiger partial charge in [0.15, 0.2) is 0 Å². The maximum atomic E-state index is 13.2. The van der Waals surface area contributed by atoms with E-state index < -0.39 is 0 Å². The molecule has 18 heavy (non-hydrogen) atoms. The van der Waals surface area contributed by atoms with Gasteiger partial charge in [0.2, 0.25) is 0 Å². The highest BCUT2D eigenvalue weighted by atomic mass is 35.5. The fourth-order valence-corrected chi connectivity index (χ4v) is 2.73. The summed E-state index contributed by atoms with van der Waals surface area (Å²) in [6.45, 7) is 0.925. The number of hydrogen-bond acceptors (Lipinski definition) is 1. The van der Waals surface area contributed by atoms with E-state index in [0.29, 0.717) is 5.88 Å². The first kappa shape index (κ1) is 11.5. The summed E-state index contributed by atoms with van der Waals surface area (Å²) < 4.78 is 13.2. The molecule has 1 aliphatic rings. The van der Waals surface area contributed by atoms with Crippen LogP contribution in [0.4, 0.5) is 15.8 Å². The molecular weight excluding hydrogens is 249 g/mol. The number of alkyl halides is 1. The number of rotatable bonds is 2. The fraction of sp³-hybridized carbons (Fsp3) is 0.200. The fourth-order valence-electron chi connectivity index (χ4n) is 2.51. The third-order valence-corrected chi connectivity index (χ3v) is 3.65. The van der Waals surface area contributed by atoms with Crippen LogP contribution in [0, 0.1) is 5.82 Å².